The van der Waals surface area contributed by atoms with Gasteiger partial charge in [-0.3, -0.25) is 9.71 Å². The van der Waals surface area contributed by atoms with Gasteiger partial charge in [0.15, 0.2) is 5.11 Å². The fourth-order valence-electron chi connectivity index (χ4n) is 4.94. The molecule has 3 heterocycles. The van der Waals surface area contributed by atoms with Crippen LogP contribution in [0.3, 0.4) is 0 Å². The number of aryl methyl sites for hydroxylation is 1. The van der Waals surface area contributed by atoms with E-state index in [0.717, 1.165) is 44.7 Å². The quantitative estimate of drug-likeness (QED) is 0.274. The number of benzene rings is 2. The van der Waals surface area contributed by atoms with Crippen LogP contribution < -0.4 is 14.9 Å². The smallest absolute Gasteiger partial charge is 0.229 e. The standard InChI is InChI=1S/C27H26BrN5O2S2/c1-17-16-21(18(2)32(17)24-10-5-4-8-22(24)28)26-25(23-9-6-7-15-29-23)30-27(36)33(26)20-13-11-19(12-14-20)31-37(3,34)35/h4-16,25-26,31H,1-3H3,(H,30,36)/t25-,26+/m1/s1. The summed E-state index contributed by atoms with van der Waals surface area (Å²) in [4.78, 5) is 6.73. The van der Waals surface area contributed by atoms with Gasteiger partial charge >= 0.3 is 0 Å². The van der Waals surface area contributed by atoms with E-state index in [0.29, 0.717) is 10.8 Å². The van der Waals surface area contributed by atoms with Crippen LogP contribution in [0.15, 0.2) is 83.5 Å². The number of thiocarbonyl (C=S) groups is 1. The molecular formula is C27H26BrN5O2S2. The van der Waals surface area contributed by atoms with Crippen molar-refractivity contribution in [1.29, 1.82) is 0 Å². The fourth-order valence-corrected chi connectivity index (χ4v) is 6.32. The molecule has 2 N–H and O–H groups in total. The Labute approximate surface area is 230 Å². The first-order valence-corrected chi connectivity index (χ1v) is 14.8. The van der Waals surface area contributed by atoms with E-state index < -0.39 is 10.0 Å². The number of hydrogen-bond donors (Lipinski definition) is 2. The van der Waals surface area contributed by atoms with Crippen molar-refractivity contribution >= 4 is 54.7 Å². The minimum Gasteiger partial charge on any atom is -0.351 e. The Morgan fingerprint density at radius 3 is 2.38 bits per heavy atom. The molecule has 7 nitrogen and oxygen atoms in total. The number of pyridine rings is 1. The molecule has 2 aromatic heterocycles. The molecule has 1 aliphatic heterocycles. The molecule has 5 rings (SSSR count). The van der Waals surface area contributed by atoms with E-state index in [1.54, 1.807) is 18.3 Å². The van der Waals surface area contributed by atoms with Gasteiger partial charge < -0.3 is 14.8 Å². The van der Waals surface area contributed by atoms with Crippen LogP contribution in [0.5, 0.6) is 0 Å². The van der Waals surface area contributed by atoms with Crippen LogP contribution in [0.1, 0.15) is 34.7 Å². The first-order valence-electron chi connectivity index (χ1n) is 11.7. The normalized spacial score (nSPS) is 17.6. The largest absolute Gasteiger partial charge is 0.351 e. The molecular weight excluding hydrogens is 570 g/mol. The Morgan fingerprint density at radius 2 is 1.73 bits per heavy atom. The second-order valence-corrected chi connectivity index (χ2v) is 12.0. The average molecular weight is 597 g/mol. The van der Waals surface area contributed by atoms with Crippen LogP contribution in [-0.4, -0.2) is 29.3 Å². The van der Waals surface area contributed by atoms with E-state index in [-0.39, 0.29) is 12.1 Å². The lowest BCUT2D eigenvalue weighted by atomic mass is 9.96. The summed E-state index contributed by atoms with van der Waals surface area (Å²) in [6, 6.07) is 23.1. The highest BCUT2D eigenvalue weighted by atomic mass is 79.9. The minimum absolute atomic E-state index is 0.182. The molecule has 10 heteroatoms. The Bertz CT molecular complexity index is 1570. The van der Waals surface area contributed by atoms with E-state index in [1.165, 1.54) is 0 Å². The molecule has 190 valence electrons. The van der Waals surface area contributed by atoms with Crippen molar-refractivity contribution in [2.45, 2.75) is 25.9 Å². The third-order valence-electron chi connectivity index (χ3n) is 6.43. The first kappa shape index (κ1) is 25.4. The monoisotopic (exact) mass is 595 g/mol. The van der Waals surface area contributed by atoms with Gasteiger partial charge in [-0.1, -0.05) is 18.2 Å². The molecule has 37 heavy (non-hydrogen) atoms. The van der Waals surface area contributed by atoms with Crippen LogP contribution in [0.25, 0.3) is 5.69 Å². The summed E-state index contributed by atoms with van der Waals surface area (Å²) in [5.41, 5.74) is 6.62. The summed E-state index contributed by atoms with van der Waals surface area (Å²) in [7, 11) is -3.37. The maximum absolute atomic E-state index is 11.7. The van der Waals surface area contributed by atoms with E-state index in [1.807, 2.05) is 48.5 Å². The van der Waals surface area contributed by atoms with Crippen LogP contribution >= 0.6 is 28.1 Å². The maximum atomic E-state index is 11.7. The summed E-state index contributed by atoms with van der Waals surface area (Å²) in [5, 5.41) is 4.07. The highest BCUT2D eigenvalue weighted by Crippen LogP contribution is 2.44. The summed E-state index contributed by atoms with van der Waals surface area (Å²) in [6.07, 6.45) is 2.92. The topological polar surface area (TPSA) is 79.3 Å². The number of sulfonamides is 1. The van der Waals surface area contributed by atoms with E-state index in [2.05, 4.69) is 66.4 Å². The fraction of sp³-hybridized carbons (Fsp3) is 0.185. The molecule has 0 unspecified atom stereocenters. The third kappa shape index (κ3) is 5.01. The number of anilines is 2. The Morgan fingerprint density at radius 1 is 1.03 bits per heavy atom. The molecule has 0 bridgehead atoms. The first-order chi connectivity index (χ1) is 17.6. The summed E-state index contributed by atoms with van der Waals surface area (Å²) in [6.45, 7) is 4.22. The lowest BCUT2D eigenvalue weighted by Gasteiger charge is -2.28. The van der Waals surface area contributed by atoms with Gasteiger partial charge in [0.1, 0.15) is 0 Å². The van der Waals surface area contributed by atoms with Crippen molar-refractivity contribution in [2.24, 2.45) is 0 Å². The van der Waals surface area contributed by atoms with Gasteiger partial charge in [0.05, 0.1) is 29.7 Å². The van der Waals surface area contributed by atoms with Crippen LogP contribution in [0, 0.1) is 13.8 Å². The number of nitrogens with one attached hydrogen (secondary N) is 2. The highest BCUT2D eigenvalue weighted by Gasteiger charge is 2.42. The number of halogens is 1. The molecule has 1 aliphatic rings. The maximum Gasteiger partial charge on any atom is 0.229 e. The molecule has 0 spiro atoms. The van der Waals surface area contributed by atoms with Gasteiger partial charge in [0.2, 0.25) is 10.0 Å². The SMILES string of the molecule is Cc1cc([C@H]2[C@@H](c3ccccn3)NC(=S)N2c2ccc(NS(C)(=O)=O)cc2)c(C)n1-c1ccccc1Br. The van der Waals surface area contributed by atoms with E-state index >= 15 is 0 Å². The van der Waals surface area contributed by atoms with Crippen molar-refractivity contribution in [3.05, 3.63) is 106 Å². The highest BCUT2D eigenvalue weighted by molar-refractivity contribution is 9.10. The molecule has 1 fully saturated rings. The van der Waals surface area contributed by atoms with E-state index in [4.69, 9.17) is 12.2 Å². The van der Waals surface area contributed by atoms with Crippen molar-refractivity contribution < 1.29 is 8.42 Å². The van der Waals surface area contributed by atoms with Gasteiger partial charge in [-0.15, -0.1) is 0 Å². The minimum atomic E-state index is -3.37. The summed E-state index contributed by atoms with van der Waals surface area (Å²) >= 11 is 9.56. The van der Waals surface area contributed by atoms with Crippen molar-refractivity contribution in [2.75, 3.05) is 15.9 Å². The molecule has 4 aromatic rings. The lowest BCUT2D eigenvalue weighted by molar-refractivity contribution is 0.565. The Kier molecular flexibility index (Phi) is 6.82. The van der Waals surface area contributed by atoms with Crippen LogP contribution in [-0.2, 0) is 10.0 Å². The van der Waals surface area contributed by atoms with Crippen LogP contribution in [0.2, 0.25) is 0 Å². The predicted octanol–water partition coefficient (Wildman–Crippen LogP) is 5.80. The van der Waals surface area contributed by atoms with Gasteiger partial charge in [0, 0.05) is 33.4 Å². The van der Waals surface area contributed by atoms with Crippen molar-refractivity contribution in [3.8, 4) is 5.69 Å². The Balaban J connectivity index is 1.64. The average Bonchev–Trinajstić information content (AvgIpc) is 3.35. The van der Waals surface area contributed by atoms with Gasteiger partial charge in [0.25, 0.3) is 0 Å². The van der Waals surface area contributed by atoms with Gasteiger partial charge in [-0.25, -0.2) is 8.42 Å². The number of nitrogens with zero attached hydrogens (tertiary/aromatic N) is 3. The van der Waals surface area contributed by atoms with E-state index in [9.17, 15) is 8.42 Å². The molecule has 0 aliphatic carbocycles. The second kappa shape index (κ2) is 9.92. The number of hydrogen-bond acceptors (Lipinski definition) is 4. The molecule has 0 radical (unpaired) electrons. The predicted molar refractivity (Wildman–Crippen MR) is 156 cm³/mol. The molecule has 0 amide bonds. The number of aromatic nitrogens is 2. The zero-order valence-corrected chi connectivity index (χ0v) is 23.7. The molecule has 2 aromatic carbocycles. The summed E-state index contributed by atoms with van der Waals surface area (Å²) in [5.74, 6) is 0. The third-order valence-corrected chi connectivity index (χ3v) is 8.02. The zero-order chi connectivity index (χ0) is 26.3. The summed E-state index contributed by atoms with van der Waals surface area (Å²) < 4.78 is 29.1. The van der Waals surface area contributed by atoms with Crippen molar-refractivity contribution in [3.63, 3.8) is 0 Å². The zero-order valence-electron chi connectivity index (χ0n) is 20.5. The lowest BCUT2D eigenvalue weighted by Crippen LogP contribution is -2.29. The number of para-hydroxylation sites is 1. The Hall–Kier alpha value is -3.21. The molecule has 0 saturated carbocycles. The molecule has 1 saturated heterocycles. The second-order valence-electron chi connectivity index (χ2n) is 9.03. The van der Waals surface area contributed by atoms with Crippen molar-refractivity contribution in [1.82, 2.24) is 14.9 Å². The van der Waals surface area contributed by atoms with Gasteiger partial charge in [-0.05, 0) is 102 Å². The van der Waals surface area contributed by atoms with Gasteiger partial charge in [-0.2, -0.15) is 0 Å². The molecule has 2 atom stereocenters. The number of rotatable bonds is 6. The van der Waals surface area contributed by atoms with Crippen LogP contribution in [0.4, 0.5) is 11.4 Å².